The first kappa shape index (κ1) is 21.9. The van der Waals surface area contributed by atoms with Gasteiger partial charge in [-0.1, -0.05) is 26.8 Å². The summed E-state index contributed by atoms with van der Waals surface area (Å²) in [7, 11) is -3.57. The predicted octanol–water partition coefficient (Wildman–Crippen LogP) is 1.95. The van der Waals surface area contributed by atoms with Gasteiger partial charge < -0.3 is 10.6 Å². The Bertz CT molecular complexity index is 707. The number of hydrogen-bond donors (Lipinski definition) is 1. The average Bonchev–Trinajstić information content (AvgIpc) is 2.98. The summed E-state index contributed by atoms with van der Waals surface area (Å²) in [4.78, 5) is 14.6. The lowest BCUT2D eigenvalue weighted by Crippen LogP contribution is -2.34. The van der Waals surface area contributed by atoms with E-state index < -0.39 is 10.0 Å². The molecule has 25 heavy (non-hydrogen) atoms. The van der Waals surface area contributed by atoms with Gasteiger partial charge in [0, 0.05) is 31.7 Å². The largest absolute Gasteiger partial charge is 0.338 e. The molecule has 0 saturated carbocycles. The van der Waals surface area contributed by atoms with Crippen LogP contribution in [-0.2, 0) is 10.0 Å². The summed E-state index contributed by atoms with van der Waals surface area (Å²) in [5, 5.41) is 0. The minimum absolute atomic E-state index is 0. The summed E-state index contributed by atoms with van der Waals surface area (Å²) in [6.07, 6.45) is 0.868. The maximum atomic E-state index is 12.7. The van der Waals surface area contributed by atoms with Crippen LogP contribution in [0.4, 0.5) is 0 Å². The van der Waals surface area contributed by atoms with Crippen molar-refractivity contribution < 1.29 is 13.2 Å². The van der Waals surface area contributed by atoms with Crippen LogP contribution in [0.25, 0.3) is 0 Å². The number of carbonyl (C=O) groups is 1. The van der Waals surface area contributed by atoms with E-state index in [0.29, 0.717) is 38.3 Å². The number of hydrogen-bond acceptors (Lipinski definition) is 4. The fraction of sp³-hybridized carbons (Fsp3) is 0.588. The molecule has 0 aliphatic carbocycles. The molecule has 2 N–H and O–H groups in total. The van der Waals surface area contributed by atoms with Crippen LogP contribution in [0.5, 0.6) is 0 Å². The number of likely N-dealkylation sites (tertiary alicyclic amines) is 1. The first-order valence-electron chi connectivity index (χ1n) is 8.37. The third-order valence-electron chi connectivity index (χ3n) is 4.76. The van der Waals surface area contributed by atoms with E-state index in [1.165, 1.54) is 10.4 Å². The van der Waals surface area contributed by atoms with E-state index in [1.807, 2.05) is 0 Å². The zero-order chi connectivity index (χ0) is 18.0. The van der Waals surface area contributed by atoms with Gasteiger partial charge in [0.2, 0.25) is 10.0 Å². The van der Waals surface area contributed by atoms with Gasteiger partial charge in [0.1, 0.15) is 0 Å². The van der Waals surface area contributed by atoms with Crippen LogP contribution >= 0.6 is 12.4 Å². The van der Waals surface area contributed by atoms with Crippen molar-refractivity contribution in [3.63, 3.8) is 0 Å². The number of nitrogens with two attached hydrogens (primary N) is 1. The molecular weight excluding hydrogens is 362 g/mol. The molecule has 1 fully saturated rings. The Morgan fingerprint density at radius 3 is 2.48 bits per heavy atom. The number of rotatable bonds is 6. The van der Waals surface area contributed by atoms with Crippen molar-refractivity contribution in [2.75, 3.05) is 32.7 Å². The number of carbonyl (C=O) groups excluding carboxylic acids is 1. The van der Waals surface area contributed by atoms with Gasteiger partial charge in [-0.2, -0.15) is 4.31 Å². The van der Waals surface area contributed by atoms with Crippen molar-refractivity contribution in [2.45, 2.75) is 32.1 Å². The summed E-state index contributed by atoms with van der Waals surface area (Å²) < 4.78 is 26.6. The lowest BCUT2D eigenvalue weighted by molar-refractivity contribution is 0.0776. The van der Waals surface area contributed by atoms with Crippen molar-refractivity contribution in [3.8, 4) is 0 Å². The first-order chi connectivity index (χ1) is 11.3. The highest BCUT2D eigenvalue weighted by Gasteiger charge is 2.35. The molecular formula is C17H28ClN3O3S. The molecule has 6 nitrogen and oxygen atoms in total. The first-order valence-corrected chi connectivity index (χ1v) is 9.81. The van der Waals surface area contributed by atoms with E-state index in [0.717, 1.165) is 6.42 Å². The predicted molar refractivity (Wildman–Crippen MR) is 101 cm³/mol. The highest BCUT2D eigenvalue weighted by atomic mass is 35.5. The van der Waals surface area contributed by atoms with E-state index in [-0.39, 0.29) is 28.6 Å². The number of nitrogens with zero attached hydrogens (tertiary/aromatic N) is 2. The second-order valence-electron chi connectivity index (χ2n) is 6.61. The highest BCUT2D eigenvalue weighted by Crippen LogP contribution is 2.29. The Morgan fingerprint density at radius 1 is 1.32 bits per heavy atom. The van der Waals surface area contributed by atoms with Crippen LogP contribution < -0.4 is 5.73 Å². The highest BCUT2D eigenvalue weighted by molar-refractivity contribution is 7.89. The zero-order valence-electron chi connectivity index (χ0n) is 15.1. The third kappa shape index (κ3) is 4.53. The fourth-order valence-corrected chi connectivity index (χ4v) is 4.55. The SMILES string of the molecule is CCN(CC)S(=O)(=O)c1cccc(C(=O)N2CCC(C)(CN)C2)c1.Cl. The van der Waals surface area contributed by atoms with Crippen molar-refractivity contribution >= 4 is 28.3 Å². The monoisotopic (exact) mass is 389 g/mol. The fourth-order valence-electron chi connectivity index (χ4n) is 3.05. The van der Waals surface area contributed by atoms with Crippen molar-refractivity contribution in [3.05, 3.63) is 29.8 Å². The van der Waals surface area contributed by atoms with Crippen LogP contribution in [0.3, 0.4) is 0 Å². The Balaban J connectivity index is 0.00000312. The van der Waals surface area contributed by atoms with E-state index in [4.69, 9.17) is 5.73 Å². The molecule has 1 aliphatic heterocycles. The molecule has 1 amide bonds. The maximum absolute atomic E-state index is 12.7. The van der Waals surface area contributed by atoms with Crippen LogP contribution in [0, 0.1) is 5.41 Å². The van der Waals surface area contributed by atoms with Gasteiger partial charge in [0.25, 0.3) is 5.91 Å². The molecule has 0 radical (unpaired) electrons. The molecule has 1 saturated heterocycles. The van der Waals surface area contributed by atoms with Crippen LogP contribution in [-0.4, -0.2) is 56.3 Å². The van der Waals surface area contributed by atoms with Crippen LogP contribution in [0.1, 0.15) is 37.6 Å². The zero-order valence-corrected chi connectivity index (χ0v) is 16.7. The van der Waals surface area contributed by atoms with Crippen molar-refractivity contribution in [1.29, 1.82) is 0 Å². The molecule has 0 aromatic heterocycles. The van der Waals surface area contributed by atoms with Gasteiger partial charge in [-0.15, -0.1) is 12.4 Å². The summed E-state index contributed by atoms with van der Waals surface area (Å²) in [6.45, 7) is 8.27. The summed E-state index contributed by atoms with van der Waals surface area (Å²) >= 11 is 0. The van der Waals surface area contributed by atoms with Gasteiger partial charge in [0.05, 0.1) is 4.90 Å². The van der Waals surface area contributed by atoms with Crippen molar-refractivity contribution in [1.82, 2.24) is 9.21 Å². The minimum Gasteiger partial charge on any atom is -0.338 e. The van der Waals surface area contributed by atoms with Gasteiger partial charge in [0.15, 0.2) is 0 Å². The number of sulfonamides is 1. The molecule has 2 rings (SSSR count). The minimum atomic E-state index is -3.57. The molecule has 1 unspecified atom stereocenters. The van der Waals surface area contributed by atoms with Crippen molar-refractivity contribution in [2.24, 2.45) is 11.1 Å². The molecule has 1 aromatic rings. The molecule has 0 bridgehead atoms. The number of halogens is 1. The molecule has 0 spiro atoms. The summed E-state index contributed by atoms with van der Waals surface area (Å²) in [6, 6.07) is 6.32. The molecule has 1 atom stereocenters. The van der Waals surface area contributed by atoms with Crippen LogP contribution in [0.15, 0.2) is 29.2 Å². The normalized spacial score (nSPS) is 20.6. The molecule has 1 aliphatic rings. The Hall–Kier alpha value is -1.15. The second-order valence-corrected chi connectivity index (χ2v) is 8.55. The Labute approximate surface area is 156 Å². The maximum Gasteiger partial charge on any atom is 0.253 e. The molecule has 1 aromatic carbocycles. The van der Waals surface area contributed by atoms with E-state index in [1.54, 1.807) is 36.9 Å². The molecule has 1 heterocycles. The lowest BCUT2D eigenvalue weighted by Gasteiger charge is -2.23. The van der Waals surface area contributed by atoms with E-state index in [9.17, 15) is 13.2 Å². The van der Waals surface area contributed by atoms with Gasteiger partial charge in [-0.3, -0.25) is 4.79 Å². The average molecular weight is 390 g/mol. The van der Waals surface area contributed by atoms with E-state index >= 15 is 0 Å². The van der Waals surface area contributed by atoms with Gasteiger partial charge in [-0.25, -0.2) is 8.42 Å². The van der Waals surface area contributed by atoms with Gasteiger partial charge >= 0.3 is 0 Å². The number of amides is 1. The smallest absolute Gasteiger partial charge is 0.253 e. The Kier molecular flexibility index (Phi) is 7.43. The summed E-state index contributed by atoms with van der Waals surface area (Å²) in [5.74, 6) is -0.135. The van der Waals surface area contributed by atoms with Gasteiger partial charge in [-0.05, 0) is 36.6 Å². The van der Waals surface area contributed by atoms with Crippen LogP contribution in [0.2, 0.25) is 0 Å². The number of benzene rings is 1. The standard InChI is InChI=1S/C17H27N3O3S.ClH/c1-4-20(5-2)24(22,23)15-8-6-7-14(11-15)16(21)19-10-9-17(3,12-18)13-19;/h6-8,11H,4-5,9-10,12-13,18H2,1-3H3;1H. The second kappa shape index (κ2) is 8.49. The lowest BCUT2D eigenvalue weighted by atomic mass is 9.90. The molecule has 8 heteroatoms. The Morgan fingerprint density at radius 2 is 1.96 bits per heavy atom. The third-order valence-corrected chi connectivity index (χ3v) is 6.81. The summed E-state index contributed by atoms with van der Waals surface area (Å²) in [5.41, 5.74) is 6.14. The topological polar surface area (TPSA) is 83.7 Å². The van der Waals surface area contributed by atoms with E-state index in [2.05, 4.69) is 6.92 Å². The molecule has 142 valence electrons. The quantitative estimate of drug-likeness (QED) is 0.805.